The first-order valence-corrected chi connectivity index (χ1v) is 8.86. The van der Waals surface area contributed by atoms with Crippen LogP contribution >= 0.6 is 11.6 Å². The number of ether oxygens (including phenoxy) is 1. The van der Waals surface area contributed by atoms with E-state index in [4.69, 9.17) is 20.8 Å². The first-order chi connectivity index (χ1) is 12.5. The van der Waals surface area contributed by atoms with Gasteiger partial charge in [-0.15, -0.1) is 0 Å². The minimum atomic E-state index is -0.587. The highest BCUT2D eigenvalue weighted by atomic mass is 35.5. The van der Waals surface area contributed by atoms with E-state index in [0.29, 0.717) is 36.0 Å². The number of rotatable bonds is 7. The molecule has 3 rings (SSSR count). The summed E-state index contributed by atoms with van der Waals surface area (Å²) in [5, 5.41) is 14.0. The van der Waals surface area contributed by atoms with Crippen LogP contribution in [-0.2, 0) is 6.54 Å². The number of likely N-dealkylation sites (N-methyl/N-ethyl adjacent to an activating group) is 1. The molecule has 8 nitrogen and oxygen atoms in total. The van der Waals surface area contributed by atoms with Crippen LogP contribution < -0.4 is 10.1 Å². The van der Waals surface area contributed by atoms with E-state index in [1.54, 1.807) is 6.20 Å². The number of pyridine rings is 1. The maximum Gasteiger partial charge on any atom is 0.434 e. The number of furan rings is 1. The second-order valence-corrected chi connectivity index (χ2v) is 6.67. The zero-order chi connectivity index (χ0) is 18.5. The number of aromatic nitrogens is 1. The third-order valence-electron chi connectivity index (χ3n) is 4.48. The Hall–Kier alpha value is -2.32. The van der Waals surface area contributed by atoms with Gasteiger partial charge >= 0.3 is 5.88 Å². The van der Waals surface area contributed by atoms with Crippen LogP contribution in [0.4, 0.5) is 11.8 Å². The lowest BCUT2D eigenvalue weighted by molar-refractivity contribution is -0.401. The maximum absolute atomic E-state index is 10.6. The molecule has 0 spiro atoms. The summed E-state index contributed by atoms with van der Waals surface area (Å²) in [5.74, 6) is 0.629. The minimum Gasteiger partial charge on any atom is -0.490 e. The van der Waals surface area contributed by atoms with Gasteiger partial charge in [-0.25, -0.2) is 4.98 Å². The SMILES string of the molecule is CN1CCCC[C@@H]1COc1cnc(Cl)c(CNc2ccc([N+](=O)[O-])o2)c1. The largest absolute Gasteiger partial charge is 0.490 e. The maximum atomic E-state index is 10.6. The predicted molar refractivity (Wildman–Crippen MR) is 97.7 cm³/mol. The molecule has 1 atom stereocenters. The Morgan fingerprint density at radius 2 is 2.35 bits per heavy atom. The van der Waals surface area contributed by atoms with Crippen LogP contribution in [-0.4, -0.2) is 41.0 Å². The molecule has 9 heteroatoms. The quantitative estimate of drug-likeness (QED) is 0.444. The Morgan fingerprint density at radius 3 is 3.08 bits per heavy atom. The summed E-state index contributed by atoms with van der Waals surface area (Å²) in [6.07, 6.45) is 5.19. The summed E-state index contributed by atoms with van der Waals surface area (Å²) in [6, 6.07) is 5.02. The van der Waals surface area contributed by atoms with E-state index in [2.05, 4.69) is 22.2 Å². The molecule has 1 aliphatic heterocycles. The summed E-state index contributed by atoms with van der Waals surface area (Å²) in [7, 11) is 2.12. The summed E-state index contributed by atoms with van der Waals surface area (Å²) >= 11 is 6.14. The standard InChI is InChI=1S/C17H21ClN4O4/c1-21-7-3-2-4-13(21)11-25-14-8-12(17(18)20-10-14)9-19-15-5-6-16(26-15)22(23)24/h5-6,8,10,13,19H,2-4,7,9,11H2,1H3/t13-/m1/s1. The van der Waals surface area contributed by atoms with Crippen molar-refractivity contribution >= 4 is 23.4 Å². The Bertz CT molecular complexity index is 767. The van der Waals surface area contributed by atoms with Crippen LogP contribution in [0.25, 0.3) is 0 Å². The number of nitro groups is 1. The van der Waals surface area contributed by atoms with Crippen LogP contribution in [0, 0.1) is 10.1 Å². The smallest absolute Gasteiger partial charge is 0.434 e. The van der Waals surface area contributed by atoms with Gasteiger partial charge in [-0.05, 0) is 32.5 Å². The summed E-state index contributed by atoms with van der Waals surface area (Å²) in [6.45, 7) is 2.02. The molecule has 1 fully saturated rings. The fourth-order valence-corrected chi connectivity index (χ4v) is 3.10. The number of nitrogens with zero attached hydrogens (tertiary/aromatic N) is 3. The molecule has 1 saturated heterocycles. The normalized spacial score (nSPS) is 17.8. The molecule has 2 aromatic heterocycles. The lowest BCUT2D eigenvalue weighted by Crippen LogP contribution is -2.40. The number of likely N-dealkylation sites (tertiary alicyclic amines) is 1. The van der Waals surface area contributed by atoms with Crippen molar-refractivity contribution in [2.24, 2.45) is 0 Å². The van der Waals surface area contributed by atoms with Gasteiger partial charge in [-0.1, -0.05) is 18.0 Å². The van der Waals surface area contributed by atoms with Gasteiger partial charge in [0, 0.05) is 24.2 Å². The highest BCUT2D eigenvalue weighted by Gasteiger charge is 2.19. The van der Waals surface area contributed by atoms with Gasteiger partial charge in [0.25, 0.3) is 0 Å². The minimum absolute atomic E-state index is 0.294. The second kappa shape index (κ2) is 8.37. The monoisotopic (exact) mass is 380 g/mol. The van der Waals surface area contributed by atoms with E-state index in [9.17, 15) is 10.1 Å². The van der Waals surface area contributed by atoms with E-state index in [0.717, 1.165) is 18.5 Å². The third kappa shape index (κ3) is 4.64. The molecule has 26 heavy (non-hydrogen) atoms. The summed E-state index contributed by atoms with van der Waals surface area (Å²) < 4.78 is 11.0. The second-order valence-electron chi connectivity index (χ2n) is 6.31. The van der Waals surface area contributed by atoms with Gasteiger partial charge < -0.3 is 19.4 Å². The van der Waals surface area contributed by atoms with Crippen molar-refractivity contribution in [3.63, 3.8) is 0 Å². The fraction of sp³-hybridized carbons (Fsp3) is 0.471. The zero-order valence-electron chi connectivity index (χ0n) is 14.5. The molecule has 0 aliphatic carbocycles. The molecule has 0 unspecified atom stereocenters. The molecule has 140 valence electrons. The molecular formula is C17H21ClN4O4. The topological polar surface area (TPSA) is 93.7 Å². The van der Waals surface area contributed by atoms with Crippen molar-refractivity contribution in [1.82, 2.24) is 9.88 Å². The molecule has 0 saturated carbocycles. The van der Waals surface area contributed by atoms with E-state index < -0.39 is 4.92 Å². The van der Waals surface area contributed by atoms with Gasteiger partial charge in [-0.2, -0.15) is 0 Å². The van der Waals surface area contributed by atoms with Crippen molar-refractivity contribution < 1.29 is 14.1 Å². The number of hydrogen-bond acceptors (Lipinski definition) is 7. The highest BCUT2D eigenvalue weighted by Crippen LogP contribution is 2.24. The third-order valence-corrected chi connectivity index (χ3v) is 4.82. The van der Waals surface area contributed by atoms with Gasteiger partial charge in [0.15, 0.2) is 0 Å². The van der Waals surface area contributed by atoms with Crippen LogP contribution in [0.15, 0.2) is 28.8 Å². The Kier molecular flexibility index (Phi) is 5.95. The Labute approximate surface area is 156 Å². The summed E-state index contributed by atoms with van der Waals surface area (Å²) in [5.41, 5.74) is 0.722. The van der Waals surface area contributed by atoms with Gasteiger partial charge in [0.05, 0.1) is 12.3 Å². The fourth-order valence-electron chi connectivity index (χ4n) is 2.92. The molecule has 0 amide bonds. The average Bonchev–Trinajstić information content (AvgIpc) is 3.10. The van der Waals surface area contributed by atoms with E-state index in [-0.39, 0.29) is 5.88 Å². The first kappa shape index (κ1) is 18.5. The highest BCUT2D eigenvalue weighted by molar-refractivity contribution is 6.30. The van der Waals surface area contributed by atoms with Gasteiger partial charge in [0.2, 0.25) is 5.88 Å². The van der Waals surface area contributed by atoms with Crippen LogP contribution in [0.2, 0.25) is 5.15 Å². The number of halogens is 1. The van der Waals surface area contributed by atoms with E-state index in [1.807, 2.05) is 6.07 Å². The van der Waals surface area contributed by atoms with Gasteiger partial charge in [0.1, 0.15) is 22.4 Å². The molecule has 3 heterocycles. The van der Waals surface area contributed by atoms with E-state index in [1.165, 1.54) is 25.0 Å². The van der Waals surface area contributed by atoms with Crippen LogP contribution in [0.1, 0.15) is 24.8 Å². The van der Waals surface area contributed by atoms with E-state index >= 15 is 0 Å². The number of hydrogen-bond donors (Lipinski definition) is 1. The molecule has 0 radical (unpaired) electrons. The first-order valence-electron chi connectivity index (χ1n) is 8.48. The molecule has 0 aromatic carbocycles. The molecule has 0 bridgehead atoms. The number of piperidine rings is 1. The zero-order valence-corrected chi connectivity index (χ0v) is 15.2. The van der Waals surface area contributed by atoms with Crippen molar-refractivity contribution in [3.05, 3.63) is 45.2 Å². The predicted octanol–water partition coefficient (Wildman–Crippen LogP) is 3.71. The number of anilines is 1. The molecular weight excluding hydrogens is 360 g/mol. The Balaban J connectivity index is 1.58. The number of nitrogens with one attached hydrogen (secondary N) is 1. The van der Waals surface area contributed by atoms with Crippen molar-refractivity contribution in [3.8, 4) is 5.75 Å². The average molecular weight is 381 g/mol. The Morgan fingerprint density at radius 1 is 1.50 bits per heavy atom. The molecule has 1 aliphatic rings. The van der Waals surface area contributed by atoms with Crippen molar-refractivity contribution in [2.75, 3.05) is 25.5 Å². The summed E-state index contributed by atoms with van der Waals surface area (Å²) in [4.78, 5) is 16.5. The molecule has 2 aromatic rings. The molecule has 1 N–H and O–H groups in total. The lowest BCUT2D eigenvalue weighted by atomic mass is 10.0. The van der Waals surface area contributed by atoms with Gasteiger partial charge in [-0.3, -0.25) is 10.1 Å². The van der Waals surface area contributed by atoms with Crippen LogP contribution in [0.3, 0.4) is 0 Å². The van der Waals surface area contributed by atoms with Crippen molar-refractivity contribution in [2.45, 2.75) is 31.8 Å². The lowest BCUT2D eigenvalue weighted by Gasteiger charge is -2.32. The van der Waals surface area contributed by atoms with Crippen molar-refractivity contribution in [1.29, 1.82) is 0 Å². The van der Waals surface area contributed by atoms with Crippen LogP contribution in [0.5, 0.6) is 5.75 Å².